The summed E-state index contributed by atoms with van der Waals surface area (Å²) in [4.78, 5) is 10.3. The molecule has 4 rings (SSSR count). The Labute approximate surface area is 131 Å². The summed E-state index contributed by atoms with van der Waals surface area (Å²) >= 11 is 3.58. The average Bonchev–Trinajstić information content (AvgIpc) is 3.18. The number of allylic oxidation sites excluding steroid dienone is 2. The molecule has 0 radical (unpaired) electrons. The normalized spacial score (nSPS) is 20.5. The van der Waals surface area contributed by atoms with Crippen molar-refractivity contribution < 1.29 is 4.94 Å². The molecular weight excluding hydrogens is 300 g/mol. The molecule has 0 aromatic carbocycles. The Hall–Kier alpha value is -1.69. The predicted octanol–water partition coefficient (Wildman–Crippen LogP) is 4.17. The molecule has 1 unspecified atom stereocenters. The minimum atomic E-state index is 0.0189. The van der Waals surface area contributed by atoms with Crippen LogP contribution in [0, 0.1) is 13.8 Å². The SMILES string of the molecule is Cc1ccc(C2=CC=C(c3ccc(C)s3)C3NON=C23)s1. The van der Waals surface area contributed by atoms with Gasteiger partial charge in [0.15, 0.2) is 0 Å². The molecule has 106 valence electrons. The molecule has 1 aliphatic heterocycles. The van der Waals surface area contributed by atoms with Gasteiger partial charge in [-0.05, 0) is 43.7 Å². The first-order valence-corrected chi connectivity index (χ1v) is 8.41. The molecule has 0 saturated carbocycles. The van der Waals surface area contributed by atoms with Gasteiger partial charge in [0.05, 0.1) is 0 Å². The van der Waals surface area contributed by atoms with E-state index < -0.39 is 0 Å². The molecule has 0 bridgehead atoms. The maximum absolute atomic E-state index is 5.17. The smallest absolute Gasteiger partial charge is 0.118 e. The van der Waals surface area contributed by atoms with Gasteiger partial charge in [-0.1, -0.05) is 17.3 Å². The van der Waals surface area contributed by atoms with Crippen molar-refractivity contribution in [1.29, 1.82) is 0 Å². The Kier molecular flexibility index (Phi) is 3.06. The summed E-state index contributed by atoms with van der Waals surface area (Å²) in [5.41, 5.74) is 6.37. The van der Waals surface area contributed by atoms with Gasteiger partial charge in [-0.2, -0.15) is 0 Å². The van der Waals surface area contributed by atoms with Crippen molar-refractivity contribution in [2.24, 2.45) is 5.16 Å². The number of hydroxylamine groups is 1. The molecule has 5 heteroatoms. The van der Waals surface area contributed by atoms with E-state index in [0.717, 1.165) is 11.3 Å². The van der Waals surface area contributed by atoms with Crippen LogP contribution in [0.4, 0.5) is 0 Å². The molecular formula is C16H14N2OS2. The van der Waals surface area contributed by atoms with E-state index in [2.05, 4.69) is 60.9 Å². The molecule has 3 heterocycles. The van der Waals surface area contributed by atoms with Crippen LogP contribution in [0.2, 0.25) is 0 Å². The maximum atomic E-state index is 5.17. The average molecular weight is 314 g/mol. The second-order valence-corrected chi connectivity index (χ2v) is 7.72. The first-order chi connectivity index (χ1) is 10.2. The number of hydrogen-bond donors (Lipinski definition) is 1. The fourth-order valence-electron chi connectivity index (χ4n) is 2.61. The lowest BCUT2D eigenvalue weighted by Gasteiger charge is -2.19. The summed E-state index contributed by atoms with van der Waals surface area (Å²) in [5, 5.41) is 4.22. The lowest BCUT2D eigenvalue weighted by molar-refractivity contribution is 0.0686. The molecule has 0 amide bonds. The van der Waals surface area contributed by atoms with Crippen LogP contribution >= 0.6 is 22.7 Å². The number of nitrogens with zero attached hydrogens (tertiary/aromatic N) is 1. The topological polar surface area (TPSA) is 33.6 Å². The van der Waals surface area contributed by atoms with Crippen LogP contribution in [-0.4, -0.2) is 11.8 Å². The number of hydrogen-bond acceptors (Lipinski definition) is 5. The standard InChI is InChI=1S/C16H14N2OS2/c1-9-3-7-13(20-9)11-5-6-12(14-8-4-10(2)21-14)16-15(11)17-19-18-16/h3-8,15,17H,1-2H3. The fraction of sp³-hybridized carbons (Fsp3) is 0.188. The highest BCUT2D eigenvalue weighted by molar-refractivity contribution is 7.13. The highest BCUT2D eigenvalue weighted by atomic mass is 32.1. The van der Waals surface area contributed by atoms with Crippen molar-refractivity contribution in [2.45, 2.75) is 19.9 Å². The van der Waals surface area contributed by atoms with Gasteiger partial charge < -0.3 is 0 Å². The minimum Gasteiger partial charge on any atom is -0.298 e. The first kappa shape index (κ1) is 13.0. The number of aryl methyl sites for hydroxylation is 2. The number of fused-ring (bicyclic) bond motifs is 1. The highest BCUT2D eigenvalue weighted by Gasteiger charge is 2.34. The summed E-state index contributed by atoms with van der Waals surface area (Å²) in [6.45, 7) is 4.25. The molecule has 0 spiro atoms. The van der Waals surface area contributed by atoms with E-state index in [0.29, 0.717) is 0 Å². The molecule has 0 fully saturated rings. The second kappa shape index (κ2) is 4.94. The quantitative estimate of drug-likeness (QED) is 0.903. The first-order valence-electron chi connectivity index (χ1n) is 6.77. The van der Waals surface area contributed by atoms with Gasteiger partial charge in [0.25, 0.3) is 0 Å². The van der Waals surface area contributed by atoms with Gasteiger partial charge in [-0.15, -0.1) is 28.2 Å². The Morgan fingerprint density at radius 3 is 2.38 bits per heavy atom. The van der Waals surface area contributed by atoms with Crippen molar-refractivity contribution >= 4 is 39.5 Å². The van der Waals surface area contributed by atoms with E-state index in [1.807, 2.05) is 0 Å². The lowest BCUT2D eigenvalue weighted by Crippen LogP contribution is -2.32. The van der Waals surface area contributed by atoms with Crippen LogP contribution in [0.3, 0.4) is 0 Å². The van der Waals surface area contributed by atoms with Gasteiger partial charge in [0.2, 0.25) is 0 Å². The van der Waals surface area contributed by atoms with Gasteiger partial charge in [-0.25, -0.2) is 0 Å². The molecule has 1 atom stereocenters. The maximum Gasteiger partial charge on any atom is 0.118 e. The van der Waals surface area contributed by atoms with Crippen LogP contribution in [-0.2, 0) is 4.94 Å². The van der Waals surface area contributed by atoms with E-state index in [4.69, 9.17) is 4.94 Å². The minimum absolute atomic E-state index is 0.0189. The third-order valence-corrected chi connectivity index (χ3v) is 5.72. The highest BCUT2D eigenvalue weighted by Crippen LogP contribution is 2.36. The van der Waals surface area contributed by atoms with Gasteiger partial charge >= 0.3 is 0 Å². The summed E-state index contributed by atoms with van der Waals surface area (Å²) in [6, 6.07) is 8.62. The molecule has 1 aliphatic carbocycles. The van der Waals surface area contributed by atoms with Crippen molar-refractivity contribution in [1.82, 2.24) is 5.48 Å². The van der Waals surface area contributed by atoms with Crippen LogP contribution < -0.4 is 5.48 Å². The molecule has 0 saturated heterocycles. The van der Waals surface area contributed by atoms with Crippen molar-refractivity contribution in [2.75, 3.05) is 0 Å². The van der Waals surface area contributed by atoms with Gasteiger partial charge in [0.1, 0.15) is 11.8 Å². The summed E-state index contributed by atoms with van der Waals surface area (Å²) in [7, 11) is 0. The zero-order valence-electron chi connectivity index (χ0n) is 11.7. The van der Waals surface area contributed by atoms with Crippen molar-refractivity contribution in [3.63, 3.8) is 0 Å². The Balaban J connectivity index is 1.80. The summed E-state index contributed by atoms with van der Waals surface area (Å²) in [5.74, 6) is 0. The van der Waals surface area contributed by atoms with Crippen LogP contribution in [0.5, 0.6) is 0 Å². The summed E-state index contributed by atoms with van der Waals surface area (Å²) in [6.07, 6.45) is 4.34. The van der Waals surface area contributed by atoms with Crippen LogP contribution in [0.1, 0.15) is 19.5 Å². The third kappa shape index (κ3) is 2.18. The second-order valence-electron chi connectivity index (χ2n) is 5.14. The number of thiophene rings is 2. The van der Waals surface area contributed by atoms with E-state index in [9.17, 15) is 0 Å². The lowest BCUT2D eigenvalue weighted by atomic mass is 9.90. The fourth-order valence-corrected chi connectivity index (χ4v) is 4.43. The number of nitrogens with one attached hydrogen (secondary N) is 1. The zero-order valence-corrected chi connectivity index (χ0v) is 13.3. The van der Waals surface area contributed by atoms with E-state index in [-0.39, 0.29) is 6.04 Å². The number of oxime groups is 1. The van der Waals surface area contributed by atoms with Crippen LogP contribution in [0.15, 0.2) is 41.6 Å². The zero-order chi connectivity index (χ0) is 14.4. The number of rotatable bonds is 2. The molecule has 1 N–H and O–H groups in total. The molecule has 3 nitrogen and oxygen atoms in total. The van der Waals surface area contributed by atoms with Crippen molar-refractivity contribution in [3.05, 3.63) is 55.9 Å². The third-order valence-electron chi connectivity index (χ3n) is 3.64. The molecule has 2 aromatic rings. The molecule has 21 heavy (non-hydrogen) atoms. The molecule has 2 aliphatic rings. The van der Waals surface area contributed by atoms with E-state index >= 15 is 0 Å². The Morgan fingerprint density at radius 2 is 1.71 bits per heavy atom. The van der Waals surface area contributed by atoms with E-state index in [1.54, 1.807) is 22.7 Å². The van der Waals surface area contributed by atoms with Gasteiger partial charge in [0, 0.05) is 25.1 Å². The Bertz CT molecular complexity index is 795. The summed E-state index contributed by atoms with van der Waals surface area (Å²) < 4.78 is 0. The van der Waals surface area contributed by atoms with Crippen LogP contribution in [0.25, 0.3) is 11.1 Å². The van der Waals surface area contributed by atoms with Crippen molar-refractivity contribution in [3.8, 4) is 0 Å². The predicted molar refractivity (Wildman–Crippen MR) is 89.5 cm³/mol. The van der Waals surface area contributed by atoms with E-state index in [1.165, 1.54) is 25.1 Å². The largest absolute Gasteiger partial charge is 0.298 e. The Morgan fingerprint density at radius 1 is 1.00 bits per heavy atom. The van der Waals surface area contributed by atoms with Gasteiger partial charge in [-0.3, -0.25) is 4.94 Å². The molecule has 2 aromatic heterocycles. The monoisotopic (exact) mass is 314 g/mol.